The van der Waals surface area contributed by atoms with Crippen LogP contribution in [-0.2, 0) is 0 Å². The number of rotatable bonds is 7. The molecule has 0 unspecified atom stereocenters. The summed E-state index contributed by atoms with van der Waals surface area (Å²) < 4.78 is 19.2. The van der Waals surface area contributed by atoms with Gasteiger partial charge in [-0.3, -0.25) is 0 Å². The monoisotopic (exact) mass is 289 g/mol. The summed E-state index contributed by atoms with van der Waals surface area (Å²) in [6, 6.07) is 4.45. The molecule has 1 rings (SSSR count). The van der Waals surface area contributed by atoms with E-state index in [0.29, 0.717) is 12.4 Å². The Morgan fingerprint density at radius 3 is 2.69 bits per heavy atom. The molecule has 4 heteroatoms. The van der Waals surface area contributed by atoms with Crippen molar-refractivity contribution in [1.82, 2.24) is 0 Å². The molecule has 0 amide bonds. The summed E-state index contributed by atoms with van der Waals surface area (Å²) in [5, 5.41) is 0. The van der Waals surface area contributed by atoms with Crippen molar-refractivity contribution in [2.45, 2.75) is 25.7 Å². The smallest absolute Gasteiger partial charge is 0.136 e. The molecule has 16 heavy (non-hydrogen) atoms. The van der Waals surface area contributed by atoms with Gasteiger partial charge in [-0.25, -0.2) is 4.39 Å². The van der Waals surface area contributed by atoms with E-state index in [1.165, 1.54) is 12.1 Å². The molecule has 0 aromatic heterocycles. The van der Waals surface area contributed by atoms with Crippen LogP contribution in [0.25, 0.3) is 0 Å². The molecule has 0 aliphatic rings. The fraction of sp³-hybridized carbons (Fsp3) is 0.500. The van der Waals surface area contributed by atoms with E-state index in [4.69, 9.17) is 10.5 Å². The third-order valence-electron chi connectivity index (χ3n) is 2.25. The van der Waals surface area contributed by atoms with Crippen molar-refractivity contribution >= 4 is 15.9 Å². The fourth-order valence-corrected chi connectivity index (χ4v) is 1.73. The number of nitrogens with two attached hydrogens (primary N) is 1. The van der Waals surface area contributed by atoms with Gasteiger partial charge in [-0.2, -0.15) is 0 Å². The minimum absolute atomic E-state index is 0.277. The van der Waals surface area contributed by atoms with Crippen LogP contribution in [0.4, 0.5) is 4.39 Å². The van der Waals surface area contributed by atoms with Crippen molar-refractivity contribution in [2.24, 2.45) is 5.73 Å². The maximum absolute atomic E-state index is 12.9. The Balaban J connectivity index is 2.23. The van der Waals surface area contributed by atoms with Gasteiger partial charge in [0.15, 0.2) is 0 Å². The van der Waals surface area contributed by atoms with Crippen LogP contribution in [0.15, 0.2) is 22.7 Å². The zero-order chi connectivity index (χ0) is 11.8. The molecule has 0 radical (unpaired) electrons. The van der Waals surface area contributed by atoms with Gasteiger partial charge in [-0.05, 0) is 47.4 Å². The van der Waals surface area contributed by atoms with Gasteiger partial charge in [0.25, 0.3) is 0 Å². The van der Waals surface area contributed by atoms with Gasteiger partial charge in [0.05, 0.1) is 11.1 Å². The Morgan fingerprint density at radius 2 is 1.94 bits per heavy atom. The molecule has 1 aromatic rings. The first-order valence-corrected chi connectivity index (χ1v) is 6.31. The summed E-state index contributed by atoms with van der Waals surface area (Å²) in [6.07, 6.45) is 4.26. The molecule has 2 nitrogen and oxygen atoms in total. The highest BCUT2D eigenvalue weighted by molar-refractivity contribution is 9.10. The van der Waals surface area contributed by atoms with Crippen LogP contribution < -0.4 is 10.5 Å². The molecule has 90 valence electrons. The van der Waals surface area contributed by atoms with Gasteiger partial charge in [0.1, 0.15) is 11.6 Å². The van der Waals surface area contributed by atoms with E-state index in [0.717, 1.165) is 36.7 Å². The van der Waals surface area contributed by atoms with Gasteiger partial charge in [0.2, 0.25) is 0 Å². The Hall–Kier alpha value is -0.610. The van der Waals surface area contributed by atoms with Crippen LogP contribution in [-0.4, -0.2) is 13.2 Å². The van der Waals surface area contributed by atoms with E-state index in [9.17, 15) is 4.39 Å². The van der Waals surface area contributed by atoms with Crippen molar-refractivity contribution in [3.8, 4) is 5.75 Å². The van der Waals surface area contributed by atoms with Crippen LogP contribution in [0.2, 0.25) is 0 Å². The van der Waals surface area contributed by atoms with Gasteiger partial charge in [-0.1, -0.05) is 12.8 Å². The summed E-state index contributed by atoms with van der Waals surface area (Å²) in [7, 11) is 0. The predicted octanol–water partition coefficient (Wildman–Crippen LogP) is 3.49. The van der Waals surface area contributed by atoms with E-state index >= 15 is 0 Å². The molecule has 0 spiro atoms. The van der Waals surface area contributed by atoms with Crippen molar-refractivity contribution < 1.29 is 9.13 Å². The lowest BCUT2D eigenvalue weighted by Gasteiger charge is -2.07. The van der Waals surface area contributed by atoms with E-state index in [2.05, 4.69) is 15.9 Å². The number of benzene rings is 1. The Morgan fingerprint density at radius 1 is 1.19 bits per heavy atom. The summed E-state index contributed by atoms with van der Waals surface area (Å²) in [5.41, 5.74) is 5.39. The SMILES string of the molecule is NCCCCCCOc1cc(F)ccc1Br. The average molecular weight is 290 g/mol. The Bertz CT molecular complexity index is 320. The highest BCUT2D eigenvalue weighted by atomic mass is 79.9. The second kappa shape index (κ2) is 7.63. The zero-order valence-electron chi connectivity index (χ0n) is 9.22. The van der Waals surface area contributed by atoms with Crippen LogP contribution >= 0.6 is 15.9 Å². The fourth-order valence-electron chi connectivity index (χ4n) is 1.37. The molecule has 0 aliphatic heterocycles. The van der Waals surface area contributed by atoms with E-state index in [1.54, 1.807) is 6.07 Å². The molecular weight excluding hydrogens is 273 g/mol. The highest BCUT2D eigenvalue weighted by Crippen LogP contribution is 2.25. The van der Waals surface area contributed by atoms with Gasteiger partial charge < -0.3 is 10.5 Å². The average Bonchev–Trinajstić information content (AvgIpc) is 2.28. The van der Waals surface area contributed by atoms with Crippen LogP contribution in [0.3, 0.4) is 0 Å². The minimum Gasteiger partial charge on any atom is -0.492 e. The van der Waals surface area contributed by atoms with Crippen LogP contribution in [0.5, 0.6) is 5.75 Å². The Labute approximate surface area is 104 Å². The number of unbranched alkanes of at least 4 members (excludes halogenated alkanes) is 3. The van der Waals surface area contributed by atoms with E-state index in [-0.39, 0.29) is 5.82 Å². The molecule has 0 saturated heterocycles. The highest BCUT2D eigenvalue weighted by Gasteiger charge is 2.02. The first-order valence-electron chi connectivity index (χ1n) is 5.52. The van der Waals surface area contributed by atoms with Crippen molar-refractivity contribution in [1.29, 1.82) is 0 Å². The number of hydrogen-bond acceptors (Lipinski definition) is 2. The molecule has 2 N–H and O–H groups in total. The standard InChI is InChI=1S/C12H17BrFNO/c13-11-6-5-10(14)9-12(11)16-8-4-2-1-3-7-15/h5-6,9H,1-4,7-8,15H2. The number of ether oxygens (including phenoxy) is 1. The molecule has 0 saturated carbocycles. The van der Waals surface area contributed by atoms with E-state index in [1.807, 2.05) is 0 Å². The lowest BCUT2D eigenvalue weighted by molar-refractivity contribution is 0.301. The normalized spacial score (nSPS) is 10.4. The van der Waals surface area contributed by atoms with Gasteiger partial charge in [-0.15, -0.1) is 0 Å². The van der Waals surface area contributed by atoms with Crippen LogP contribution in [0.1, 0.15) is 25.7 Å². The van der Waals surface area contributed by atoms with Crippen LogP contribution in [0, 0.1) is 5.82 Å². The third-order valence-corrected chi connectivity index (χ3v) is 2.90. The second-order valence-electron chi connectivity index (χ2n) is 3.63. The molecule has 1 aromatic carbocycles. The summed E-state index contributed by atoms with van der Waals surface area (Å²) in [4.78, 5) is 0. The minimum atomic E-state index is -0.277. The van der Waals surface area contributed by atoms with Crippen molar-refractivity contribution in [3.05, 3.63) is 28.5 Å². The molecule has 0 bridgehead atoms. The largest absolute Gasteiger partial charge is 0.492 e. The maximum atomic E-state index is 12.9. The van der Waals surface area contributed by atoms with Crippen molar-refractivity contribution in [2.75, 3.05) is 13.2 Å². The number of halogens is 2. The molecule has 0 aliphatic carbocycles. The Kier molecular flexibility index (Phi) is 6.42. The van der Waals surface area contributed by atoms with Gasteiger partial charge >= 0.3 is 0 Å². The topological polar surface area (TPSA) is 35.2 Å². The second-order valence-corrected chi connectivity index (χ2v) is 4.48. The summed E-state index contributed by atoms with van der Waals surface area (Å²) >= 11 is 3.32. The predicted molar refractivity (Wildman–Crippen MR) is 67.1 cm³/mol. The number of hydrogen-bond donors (Lipinski definition) is 1. The maximum Gasteiger partial charge on any atom is 0.136 e. The molecule has 0 heterocycles. The molecule has 0 atom stereocenters. The molecule has 0 fully saturated rings. The first-order chi connectivity index (χ1) is 7.74. The lowest BCUT2D eigenvalue weighted by atomic mass is 10.2. The zero-order valence-corrected chi connectivity index (χ0v) is 10.8. The molecular formula is C12H17BrFNO. The lowest BCUT2D eigenvalue weighted by Crippen LogP contribution is -2.00. The summed E-state index contributed by atoms with van der Waals surface area (Å²) in [5.74, 6) is 0.292. The third kappa shape index (κ3) is 4.94. The van der Waals surface area contributed by atoms with Crippen molar-refractivity contribution in [3.63, 3.8) is 0 Å². The van der Waals surface area contributed by atoms with Gasteiger partial charge in [0, 0.05) is 6.07 Å². The van der Waals surface area contributed by atoms with E-state index < -0.39 is 0 Å². The quantitative estimate of drug-likeness (QED) is 0.780. The first kappa shape index (κ1) is 13.5. The summed E-state index contributed by atoms with van der Waals surface area (Å²) in [6.45, 7) is 1.36.